The fraction of sp³-hybridized carbons (Fsp3) is 0.533. The van der Waals surface area contributed by atoms with Crippen LogP contribution in [-0.4, -0.2) is 60.5 Å². The maximum absolute atomic E-state index is 12.7. The van der Waals surface area contributed by atoms with Crippen molar-refractivity contribution in [2.45, 2.75) is 64.8 Å². The zero-order valence-corrected chi connectivity index (χ0v) is 21.4. The molecule has 0 aromatic heterocycles. The third-order valence-electron chi connectivity index (χ3n) is 7.71. The van der Waals surface area contributed by atoms with Gasteiger partial charge in [0.05, 0.1) is 12.5 Å². The molecule has 2 aromatic carbocycles. The lowest BCUT2D eigenvalue weighted by Gasteiger charge is -2.31. The number of hydrogen-bond donors (Lipinski definition) is 0. The Morgan fingerprint density at radius 1 is 0.857 bits per heavy atom. The Balaban J connectivity index is 1.22. The highest BCUT2D eigenvalue weighted by Gasteiger charge is 2.28. The van der Waals surface area contributed by atoms with Crippen molar-refractivity contribution in [3.8, 4) is 11.1 Å². The minimum atomic E-state index is -0.119. The summed E-state index contributed by atoms with van der Waals surface area (Å²) < 4.78 is 5.12. The molecule has 4 rings (SSSR count). The second-order valence-electron chi connectivity index (χ2n) is 10.1. The number of amides is 1. The number of hydrogen-bond acceptors (Lipinski definition) is 4. The van der Waals surface area contributed by atoms with E-state index in [2.05, 4.69) is 60.4 Å². The van der Waals surface area contributed by atoms with E-state index < -0.39 is 0 Å². The van der Waals surface area contributed by atoms with E-state index in [1.807, 2.05) is 11.8 Å². The summed E-state index contributed by atoms with van der Waals surface area (Å²) in [6.07, 6.45) is 6.43. The minimum absolute atomic E-state index is 0.0608. The summed E-state index contributed by atoms with van der Waals surface area (Å²) in [5, 5.41) is 0. The number of carbonyl (C=O) groups excluding carboxylic acids is 2. The molecule has 2 heterocycles. The van der Waals surface area contributed by atoms with Crippen LogP contribution in [0.25, 0.3) is 11.1 Å². The van der Waals surface area contributed by atoms with E-state index >= 15 is 0 Å². The lowest BCUT2D eigenvalue weighted by Crippen LogP contribution is -2.40. The Hall–Kier alpha value is -2.66. The molecule has 0 spiro atoms. The SMILES string of the molecule is CCOC(=O)C1CCN(C(=O)CCc2ccc(-c3ccc(CCN4CCCC4C)cc3)cc2)CC1. The molecule has 188 valence electrons. The van der Waals surface area contributed by atoms with Gasteiger partial charge in [-0.1, -0.05) is 48.5 Å². The summed E-state index contributed by atoms with van der Waals surface area (Å²) >= 11 is 0. The van der Waals surface area contributed by atoms with Crippen molar-refractivity contribution in [2.24, 2.45) is 5.92 Å². The molecule has 2 aliphatic rings. The number of aryl methyl sites for hydroxylation is 1. The minimum Gasteiger partial charge on any atom is -0.466 e. The van der Waals surface area contributed by atoms with Gasteiger partial charge in [-0.25, -0.2) is 0 Å². The van der Waals surface area contributed by atoms with Crippen LogP contribution in [0.2, 0.25) is 0 Å². The molecule has 2 fully saturated rings. The van der Waals surface area contributed by atoms with Crippen LogP contribution in [0.3, 0.4) is 0 Å². The smallest absolute Gasteiger partial charge is 0.309 e. The van der Waals surface area contributed by atoms with Gasteiger partial charge in [0.2, 0.25) is 5.91 Å². The molecular weight excluding hydrogens is 436 g/mol. The topological polar surface area (TPSA) is 49.9 Å². The van der Waals surface area contributed by atoms with Crippen molar-refractivity contribution < 1.29 is 14.3 Å². The molecule has 5 nitrogen and oxygen atoms in total. The zero-order chi connectivity index (χ0) is 24.6. The molecule has 35 heavy (non-hydrogen) atoms. The van der Waals surface area contributed by atoms with Crippen LogP contribution >= 0.6 is 0 Å². The molecule has 1 atom stereocenters. The van der Waals surface area contributed by atoms with Crippen molar-refractivity contribution in [3.05, 3.63) is 59.7 Å². The van der Waals surface area contributed by atoms with E-state index in [9.17, 15) is 9.59 Å². The van der Waals surface area contributed by atoms with Gasteiger partial charge in [0, 0.05) is 32.1 Å². The van der Waals surface area contributed by atoms with E-state index in [4.69, 9.17) is 4.74 Å². The first kappa shape index (κ1) is 25.4. The van der Waals surface area contributed by atoms with Crippen LogP contribution in [0, 0.1) is 5.92 Å². The van der Waals surface area contributed by atoms with Crippen LogP contribution in [-0.2, 0) is 27.2 Å². The van der Waals surface area contributed by atoms with Gasteiger partial charge in [-0.05, 0) is 81.2 Å². The van der Waals surface area contributed by atoms with Crippen molar-refractivity contribution in [1.82, 2.24) is 9.80 Å². The van der Waals surface area contributed by atoms with E-state index in [0.717, 1.165) is 25.4 Å². The Bertz CT molecular complexity index is 962. The van der Waals surface area contributed by atoms with Gasteiger partial charge in [-0.3, -0.25) is 9.59 Å². The normalized spacial score (nSPS) is 19.1. The van der Waals surface area contributed by atoms with Crippen molar-refractivity contribution in [1.29, 1.82) is 0 Å². The van der Waals surface area contributed by atoms with Gasteiger partial charge < -0.3 is 14.5 Å². The second kappa shape index (κ2) is 12.3. The van der Waals surface area contributed by atoms with Gasteiger partial charge in [-0.15, -0.1) is 0 Å². The fourth-order valence-electron chi connectivity index (χ4n) is 5.36. The first-order valence-corrected chi connectivity index (χ1v) is 13.4. The number of likely N-dealkylation sites (tertiary alicyclic amines) is 2. The average molecular weight is 477 g/mol. The lowest BCUT2D eigenvalue weighted by molar-refractivity contribution is -0.151. The number of carbonyl (C=O) groups is 2. The summed E-state index contributed by atoms with van der Waals surface area (Å²) in [7, 11) is 0. The molecule has 5 heteroatoms. The van der Waals surface area contributed by atoms with Gasteiger partial charge >= 0.3 is 5.97 Å². The number of esters is 1. The summed E-state index contributed by atoms with van der Waals surface area (Å²) in [6.45, 7) is 8.27. The van der Waals surface area contributed by atoms with Gasteiger partial charge in [0.15, 0.2) is 0 Å². The fourth-order valence-corrected chi connectivity index (χ4v) is 5.36. The van der Waals surface area contributed by atoms with Crippen LogP contribution in [0.15, 0.2) is 48.5 Å². The maximum atomic E-state index is 12.7. The lowest BCUT2D eigenvalue weighted by atomic mass is 9.96. The van der Waals surface area contributed by atoms with Crippen molar-refractivity contribution >= 4 is 11.9 Å². The highest BCUT2D eigenvalue weighted by Crippen LogP contribution is 2.23. The van der Waals surface area contributed by atoms with Crippen LogP contribution < -0.4 is 0 Å². The summed E-state index contributed by atoms with van der Waals surface area (Å²) in [5.41, 5.74) is 5.02. The molecule has 0 saturated carbocycles. The van der Waals surface area contributed by atoms with Crippen molar-refractivity contribution in [3.63, 3.8) is 0 Å². The largest absolute Gasteiger partial charge is 0.466 e. The van der Waals surface area contributed by atoms with E-state index in [0.29, 0.717) is 39.0 Å². The van der Waals surface area contributed by atoms with Crippen LogP contribution in [0.1, 0.15) is 57.1 Å². The van der Waals surface area contributed by atoms with Crippen molar-refractivity contribution in [2.75, 3.05) is 32.8 Å². The predicted octanol–water partition coefficient (Wildman–Crippen LogP) is 5.11. The molecule has 2 saturated heterocycles. The Kier molecular flexibility index (Phi) is 8.97. The van der Waals surface area contributed by atoms with E-state index in [-0.39, 0.29) is 17.8 Å². The number of nitrogens with zero attached hydrogens (tertiary/aromatic N) is 2. The number of ether oxygens (including phenoxy) is 1. The third-order valence-corrected chi connectivity index (χ3v) is 7.71. The standard InChI is InChI=1S/C30H40N2O3/c1-3-35-30(34)28-17-21-32(22-18-28)29(33)15-10-24-6-11-26(12-7-24)27-13-8-25(9-14-27)16-20-31-19-4-5-23(31)2/h6-9,11-14,23,28H,3-5,10,15-22H2,1-2H3. The monoisotopic (exact) mass is 476 g/mol. The summed E-state index contributed by atoms with van der Waals surface area (Å²) in [6, 6.07) is 18.3. The first-order chi connectivity index (χ1) is 17.0. The van der Waals surface area contributed by atoms with Crippen LogP contribution in [0.5, 0.6) is 0 Å². The van der Waals surface area contributed by atoms with E-state index in [1.54, 1.807) is 0 Å². The Morgan fingerprint density at radius 2 is 1.46 bits per heavy atom. The van der Waals surface area contributed by atoms with Crippen LogP contribution in [0.4, 0.5) is 0 Å². The molecule has 0 N–H and O–H groups in total. The molecule has 1 unspecified atom stereocenters. The highest BCUT2D eigenvalue weighted by atomic mass is 16.5. The average Bonchev–Trinajstić information content (AvgIpc) is 3.31. The zero-order valence-electron chi connectivity index (χ0n) is 21.4. The number of benzene rings is 2. The molecule has 0 bridgehead atoms. The molecule has 2 aliphatic heterocycles. The highest BCUT2D eigenvalue weighted by molar-refractivity contribution is 5.77. The molecular formula is C30H40N2O3. The number of piperidine rings is 1. The first-order valence-electron chi connectivity index (χ1n) is 13.4. The predicted molar refractivity (Wildman–Crippen MR) is 140 cm³/mol. The Morgan fingerprint density at radius 3 is 2.00 bits per heavy atom. The van der Waals surface area contributed by atoms with Gasteiger partial charge in [0.25, 0.3) is 0 Å². The second-order valence-corrected chi connectivity index (χ2v) is 10.1. The van der Waals surface area contributed by atoms with E-state index in [1.165, 1.54) is 41.6 Å². The molecule has 0 radical (unpaired) electrons. The quantitative estimate of drug-likeness (QED) is 0.472. The van der Waals surface area contributed by atoms with Gasteiger partial charge in [-0.2, -0.15) is 0 Å². The Labute approximate surface area is 210 Å². The summed E-state index contributed by atoms with van der Waals surface area (Å²) in [4.78, 5) is 29.0. The summed E-state index contributed by atoms with van der Waals surface area (Å²) in [5.74, 6) is -0.00396. The molecule has 1 amide bonds. The molecule has 0 aliphatic carbocycles. The van der Waals surface area contributed by atoms with Gasteiger partial charge in [0.1, 0.15) is 0 Å². The molecule has 2 aromatic rings. The number of rotatable bonds is 9. The maximum Gasteiger partial charge on any atom is 0.309 e. The third kappa shape index (κ3) is 6.94.